The minimum absolute atomic E-state index is 0.0389. The molecule has 0 fully saturated rings. The first-order valence-corrected chi connectivity index (χ1v) is 16.1. The largest absolute Gasteiger partial charge is 0.457 e. The predicted molar refractivity (Wildman–Crippen MR) is 190 cm³/mol. The quantitative estimate of drug-likeness (QED) is 0.175. The van der Waals surface area contributed by atoms with Gasteiger partial charge in [0.1, 0.15) is 11.5 Å². The number of anilines is 1. The van der Waals surface area contributed by atoms with Crippen LogP contribution in [-0.2, 0) is 16.2 Å². The fraction of sp³-hybridized carbons (Fsp3) is 0.293. The van der Waals surface area contributed by atoms with Gasteiger partial charge >= 0.3 is 0 Å². The van der Waals surface area contributed by atoms with E-state index >= 15 is 0 Å². The second-order valence-electron chi connectivity index (χ2n) is 14.6. The maximum Gasteiger partial charge on any atom is 0.129 e. The summed E-state index contributed by atoms with van der Waals surface area (Å²) in [4.78, 5) is 4.42. The molecule has 5 heteroatoms. The molecule has 0 saturated carbocycles. The Balaban J connectivity index is 1.44. The summed E-state index contributed by atoms with van der Waals surface area (Å²) < 4.78 is 8.80. The van der Waals surface area contributed by atoms with Gasteiger partial charge in [-0.3, -0.25) is 0 Å². The van der Waals surface area contributed by atoms with Gasteiger partial charge in [-0.1, -0.05) is 109 Å². The summed E-state index contributed by atoms with van der Waals surface area (Å²) in [6.07, 6.45) is 8.37. The first-order chi connectivity index (χ1) is 21.8. The average Bonchev–Trinajstić information content (AvgIpc) is 3.72. The zero-order chi connectivity index (χ0) is 32.7. The zero-order valence-corrected chi connectivity index (χ0v) is 28.5. The minimum Gasteiger partial charge on any atom is -0.457 e. The van der Waals surface area contributed by atoms with E-state index in [1.54, 1.807) is 0 Å². The molecule has 0 saturated heterocycles. The second-order valence-corrected chi connectivity index (χ2v) is 14.6. The third-order valence-electron chi connectivity index (χ3n) is 9.37. The van der Waals surface area contributed by atoms with E-state index in [0.29, 0.717) is 0 Å². The van der Waals surface area contributed by atoms with Crippen LogP contribution in [0.4, 0.5) is 5.69 Å². The van der Waals surface area contributed by atoms with Crippen LogP contribution in [0.5, 0.6) is 11.5 Å². The van der Waals surface area contributed by atoms with Crippen LogP contribution in [0.15, 0.2) is 122 Å². The molecular weight excluding hydrogens is 564 g/mol. The lowest BCUT2D eigenvalue weighted by atomic mass is 9.78. The van der Waals surface area contributed by atoms with E-state index < -0.39 is 0 Å². The van der Waals surface area contributed by atoms with Crippen molar-refractivity contribution in [2.24, 2.45) is 0 Å². The van der Waals surface area contributed by atoms with Gasteiger partial charge in [0.05, 0.1) is 18.6 Å². The van der Waals surface area contributed by atoms with Crippen molar-refractivity contribution in [2.75, 3.05) is 18.6 Å². The highest BCUT2D eigenvalue weighted by molar-refractivity contribution is 5.58. The molecular formula is C41H46N4O. The third-order valence-corrected chi connectivity index (χ3v) is 9.37. The highest BCUT2D eigenvalue weighted by atomic mass is 16.5. The SMILES string of the molecule is CN1C=CN(c2cc(Oc3cc(-n4cc(C(C)(C)c5ccccc5)cn4)cc(C(C)(C)c4ccccc4)c3)cc(C(C)(C)C)c2)C1. The first-order valence-electron chi connectivity index (χ1n) is 16.1. The number of aromatic nitrogens is 2. The molecule has 0 aliphatic carbocycles. The van der Waals surface area contributed by atoms with Gasteiger partial charge in [-0.2, -0.15) is 5.10 Å². The van der Waals surface area contributed by atoms with Crippen LogP contribution < -0.4 is 9.64 Å². The number of ether oxygens (including phenoxy) is 1. The van der Waals surface area contributed by atoms with Crippen LogP contribution in [0.1, 0.15) is 76.3 Å². The molecule has 4 aromatic carbocycles. The molecule has 0 atom stereocenters. The molecule has 0 unspecified atom stereocenters. The van der Waals surface area contributed by atoms with Crippen LogP contribution in [-0.4, -0.2) is 28.4 Å². The monoisotopic (exact) mass is 610 g/mol. The Morgan fingerprint density at radius 1 is 0.587 bits per heavy atom. The summed E-state index contributed by atoms with van der Waals surface area (Å²) in [6, 6.07) is 34.4. The van der Waals surface area contributed by atoms with Crippen LogP contribution in [0.2, 0.25) is 0 Å². The number of nitrogens with zero attached hydrogens (tertiary/aromatic N) is 4. The molecule has 2 heterocycles. The van der Waals surface area contributed by atoms with E-state index in [1.165, 1.54) is 16.7 Å². The van der Waals surface area contributed by atoms with Crippen molar-refractivity contribution in [3.63, 3.8) is 0 Å². The second kappa shape index (κ2) is 11.9. The number of rotatable bonds is 8. The summed E-state index contributed by atoms with van der Waals surface area (Å²) in [5.74, 6) is 1.60. The van der Waals surface area contributed by atoms with Crippen LogP contribution in [0, 0.1) is 0 Å². The van der Waals surface area contributed by atoms with Gasteiger partial charge < -0.3 is 14.5 Å². The van der Waals surface area contributed by atoms with E-state index in [4.69, 9.17) is 9.84 Å². The Hall–Kier alpha value is -4.77. The molecule has 0 radical (unpaired) electrons. The van der Waals surface area contributed by atoms with Crippen LogP contribution in [0.25, 0.3) is 5.69 Å². The molecule has 1 aliphatic rings. The fourth-order valence-electron chi connectivity index (χ4n) is 6.04. The Labute approximate surface area is 274 Å². The molecule has 236 valence electrons. The maximum atomic E-state index is 6.81. The molecule has 0 spiro atoms. The number of hydrogen-bond donors (Lipinski definition) is 0. The van der Waals surface area contributed by atoms with Crippen molar-refractivity contribution in [3.8, 4) is 17.2 Å². The molecule has 0 N–H and O–H groups in total. The Kier molecular flexibility index (Phi) is 8.05. The lowest BCUT2D eigenvalue weighted by molar-refractivity contribution is 0.473. The fourth-order valence-corrected chi connectivity index (χ4v) is 6.04. The van der Waals surface area contributed by atoms with Gasteiger partial charge in [0.2, 0.25) is 0 Å². The van der Waals surface area contributed by atoms with Gasteiger partial charge in [0, 0.05) is 59.9 Å². The minimum atomic E-state index is -0.266. The van der Waals surface area contributed by atoms with Crippen molar-refractivity contribution in [1.29, 1.82) is 0 Å². The summed E-state index contributed by atoms with van der Waals surface area (Å²) in [7, 11) is 2.09. The molecule has 0 bridgehead atoms. The van der Waals surface area contributed by atoms with Gasteiger partial charge in [-0.15, -0.1) is 0 Å². The van der Waals surface area contributed by atoms with E-state index in [9.17, 15) is 0 Å². The van der Waals surface area contributed by atoms with Crippen molar-refractivity contribution in [2.45, 2.75) is 64.7 Å². The standard InChI is InChI=1S/C41H46N4O/c1-39(2,3)32-21-35(44-20-19-43(8)29-44)25-37(23-32)46-38-24-33(40(4,5)30-15-11-9-12-16-30)22-36(26-38)45-28-34(27-42-45)41(6,7)31-17-13-10-14-18-31/h9-28H,29H2,1-8H3. The lowest BCUT2D eigenvalue weighted by Gasteiger charge is -2.28. The van der Waals surface area contributed by atoms with E-state index in [0.717, 1.165) is 40.7 Å². The lowest BCUT2D eigenvalue weighted by Crippen LogP contribution is -2.22. The molecule has 46 heavy (non-hydrogen) atoms. The molecule has 0 amide bonds. The summed E-state index contributed by atoms with van der Waals surface area (Å²) in [6.45, 7) is 16.6. The normalized spacial score (nSPS) is 13.8. The predicted octanol–water partition coefficient (Wildman–Crippen LogP) is 9.79. The summed E-state index contributed by atoms with van der Waals surface area (Å²) >= 11 is 0. The first kappa shape index (κ1) is 31.2. The maximum absolute atomic E-state index is 6.81. The highest BCUT2D eigenvalue weighted by Crippen LogP contribution is 2.39. The average molecular weight is 611 g/mol. The summed E-state index contributed by atoms with van der Waals surface area (Å²) in [5, 5.41) is 4.88. The Morgan fingerprint density at radius 3 is 1.70 bits per heavy atom. The smallest absolute Gasteiger partial charge is 0.129 e. The zero-order valence-electron chi connectivity index (χ0n) is 28.5. The topological polar surface area (TPSA) is 33.5 Å². The summed E-state index contributed by atoms with van der Waals surface area (Å²) in [5.41, 5.74) is 7.61. The van der Waals surface area contributed by atoms with Crippen molar-refractivity contribution < 1.29 is 4.74 Å². The van der Waals surface area contributed by atoms with Crippen LogP contribution >= 0.6 is 0 Å². The molecule has 6 rings (SSSR count). The van der Waals surface area contributed by atoms with E-state index in [2.05, 4.69) is 181 Å². The van der Waals surface area contributed by atoms with Gasteiger partial charge in [-0.25, -0.2) is 4.68 Å². The highest BCUT2D eigenvalue weighted by Gasteiger charge is 2.27. The Morgan fingerprint density at radius 2 is 1.13 bits per heavy atom. The number of hydrogen-bond acceptors (Lipinski definition) is 4. The molecule has 1 aliphatic heterocycles. The van der Waals surface area contributed by atoms with E-state index in [-0.39, 0.29) is 16.2 Å². The molecule has 5 nitrogen and oxygen atoms in total. The van der Waals surface area contributed by atoms with Gasteiger partial charge in [-0.05, 0) is 51.9 Å². The third kappa shape index (κ3) is 6.32. The van der Waals surface area contributed by atoms with E-state index in [1.807, 2.05) is 10.9 Å². The van der Waals surface area contributed by atoms with Gasteiger partial charge in [0.25, 0.3) is 0 Å². The van der Waals surface area contributed by atoms with Gasteiger partial charge in [0.15, 0.2) is 0 Å². The molecule has 1 aromatic heterocycles. The Bertz CT molecular complexity index is 1840. The molecule has 5 aromatic rings. The van der Waals surface area contributed by atoms with Crippen molar-refractivity contribution in [3.05, 3.63) is 150 Å². The van der Waals surface area contributed by atoms with Crippen molar-refractivity contribution in [1.82, 2.24) is 14.7 Å². The van der Waals surface area contributed by atoms with Crippen molar-refractivity contribution >= 4 is 5.69 Å². The van der Waals surface area contributed by atoms with Crippen LogP contribution in [0.3, 0.4) is 0 Å². The number of benzene rings is 4.